The maximum Gasteiger partial charge on any atom is 0.415 e. The highest BCUT2D eigenvalue weighted by molar-refractivity contribution is 5.89. The number of amides is 1. The van der Waals surface area contributed by atoms with Crippen LogP contribution in [0.25, 0.3) is 16.7 Å². The van der Waals surface area contributed by atoms with Gasteiger partial charge in [0.2, 0.25) is 0 Å². The molecule has 0 saturated carbocycles. The zero-order chi connectivity index (χ0) is 27.6. The Morgan fingerprint density at radius 1 is 1.05 bits per heavy atom. The molecule has 2 N–H and O–H groups in total. The number of aryl methyl sites for hydroxylation is 1. The van der Waals surface area contributed by atoms with E-state index in [-0.39, 0.29) is 11.6 Å². The second kappa shape index (κ2) is 11.0. The van der Waals surface area contributed by atoms with Crippen molar-refractivity contribution in [3.63, 3.8) is 0 Å². The number of nitrogens with one attached hydrogen (secondary N) is 2. The SMILES string of the molecule is COc1cc(OC(=O)N2CCOCC2)ccc1-c1ccc2c(c1CNc1ccccc1C)C(C)=CC(C)(C)N2. The van der Waals surface area contributed by atoms with Gasteiger partial charge in [-0.2, -0.15) is 0 Å². The number of morpholine rings is 1. The minimum Gasteiger partial charge on any atom is -0.496 e. The molecule has 0 bridgehead atoms. The summed E-state index contributed by atoms with van der Waals surface area (Å²) in [7, 11) is 1.64. The minimum absolute atomic E-state index is 0.136. The van der Waals surface area contributed by atoms with Gasteiger partial charge >= 0.3 is 6.09 Å². The van der Waals surface area contributed by atoms with Crippen LogP contribution in [0.15, 0.2) is 60.7 Å². The summed E-state index contributed by atoms with van der Waals surface area (Å²) < 4.78 is 16.9. The largest absolute Gasteiger partial charge is 0.496 e. The first-order valence-corrected chi connectivity index (χ1v) is 13.4. The van der Waals surface area contributed by atoms with E-state index in [1.807, 2.05) is 24.3 Å². The number of carbonyl (C=O) groups excluding carboxylic acids is 1. The molecule has 2 heterocycles. The van der Waals surface area contributed by atoms with Gasteiger partial charge in [-0.15, -0.1) is 0 Å². The molecule has 5 rings (SSSR count). The molecule has 3 aromatic rings. The predicted octanol–water partition coefficient (Wildman–Crippen LogP) is 6.72. The number of methoxy groups -OCH3 is 1. The lowest BCUT2D eigenvalue weighted by atomic mass is 9.85. The molecule has 39 heavy (non-hydrogen) atoms. The Bertz CT molecular complexity index is 1410. The highest BCUT2D eigenvalue weighted by Gasteiger charge is 2.27. The fourth-order valence-electron chi connectivity index (χ4n) is 5.46. The van der Waals surface area contributed by atoms with E-state index in [0.29, 0.717) is 44.3 Å². The van der Waals surface area contributed by atoms with Gasteiger partial charge < -0.3 is 29.7 Å². The molecule has 0 atom stereocenters. The van der Waals surface area contributed by atoms with E-state index in [2.05, 4.69) is 68.7 Å². The molecular formula is C32H37N3O4. The lowest BCUT2D eigenvalue weighted by molar-refractivity contribution is 0.0416. The summed E-state index contributed by atoms with van der Waals surface area (Å²) in [5, 5.41) is 7.34. The van der Waals surface area contributed by atoms with Gasteiger partial charge in [-0.1, -0.05) is 30.3 Å². The Morgan fingerprint density at radius 3 is 2.54 bits per heavy atom. The van der Waals surface area contributed by atoms with Crippen LogP contribution in [0.5, 0.6) is 11.5 Å². The van der Waals surface area contributed by atoms with Crippen LogP contribution in [0.1, 0.15) is 37.5 Å². The lowest BCUT2D eigenvalue weighted by Crippen LogP contribution is -2.42. The van der Waals surface area contributed by atoms with Gasteiger partial charge in [0.15, 0.2) is 0 Å². The fraction of sp³-hybridized carbons (Fsp3) is 0.344. The van der Waals surface area contributed by atoms with E-state index in [1.54, 1.807) is 18.1 Å². The Morgan fingerprint density at radius 2 is 1.79 bits per heavy atom. The number of anilines is 2. The summed E-state index contributed by atoms with van der Waals surface area (Å²) in [5.74, 6) is 1.09. The first-order valence-electron chi connectivity index (χ1n) is 13.4. The van der Waals surface area contributed by atoms with Crippen molar-refractivity contribution in [1.29, 1.82) is 0 Å². The Balaban J connectivity index is 1.53. The van der Waals surface area contributed by atoms with Crippen molar-refractivity contribution in [2.24, 2.45) is 0 Å². The molecule has 1 amide bonds. The normalized spacial score (nSPS) is 16.0. The number of hydrogen-bond donors (Lipinski definition) is 2. The van der Waals surface area contributed by atoms with Crippen LogP contribution < -0.4 is 20.1 Å². The second-order valence-corrected chi connectivity index (χ2v) is 10.7. The van der Waals surface area contributed by atoms with Gasteiger partial charge in [0.05, 0.1) is 25.9 Å². The zero-order valence-electron chi connectivity index (χ0n) is 23.4. The molecule has 2 aliphatic rings. The summed E-state index contributed by atoms with van der Waals surface area (Å²) in [5.41, 5.74) is 8.86. The average molecular weight is 528 g/mol. The van der Waals surface area contributed by atoms with Gasteiger partial charge in [-0.25, -0.2) is 4.79 Å². The van der Waals surface area contributed by atoms with Crippen molar-refractivity contribution in [3.05, 3.63) is 77.4 Å². The first-order chi connectivity index (χ1) is 18.8. The first kappa shape index (κ1) is 26.6. The summed E-state index contributed by atoms with van der Waals surface area (Å²) in [6, 6.07) is 18.2. The second-order valence-electron chi connectivity index (χ2n) is 10.7. The van der Waals surface area contributed by atoms with Gasteiger partial charge in [-0.3, -0.25) is 0 Å². The van der Waals surface area contributed by atoms with Gasteiger partial charge in [0.1, 0.15) is 11.5 Å². The molecule has 7 nitrogen and oxygen atoms in total. The standard InChI is InChI=1S/C32H37N3O4/c1-21-8-6-7-9-27(21)33-20-26-24(12-13-28-30(26)22(2)19-32(3,4)34-28)25-11-10-23(18-29(25)37-5)39-31(36)35-14-16-38-17-15-35/h6-13,18-19,33-34H,14-17,20H2,1-5H3. The summed E-state index contributed by atoms with van der Waals surface area (Å²) in [6.07, 6.45) is 1.90. The van der Waals surface area contributed by atoms with E-state index in [4.69, 9.17) is 14.2 Å². The Kier molecular flexibility index (Phi) is 7.53. The smallest absolute Gasteiger partial charge is 0.415 e. The lowest BCUT2D eigenvalue weighted by Gasteiger charge is -2.33. The number of benzene rings is 3. The predicted molar refractivity (Wildman–Crippen MR) is 157 cm³/mol. The summed E-state index contributed by atoms with van der Waals surface area (Å²) in [4.78, 5) is 14.3. The van der Waals surface area contributed by atoms with Crippen molar-refractivity contribution in [3.8, 4) is 22.6 Å². The number of rotatable bonds is 6. The van der Waals surface area contributed by atoms with Crippen molar-refractivity contribution in [2.75, 3.05) is 44.0 Å². The number of allylic oxidation sites excluding steroid dienone is 1. The quantitative estimate of drug-likeness (QED) is 0.371. The van der Waals surface area contributed by atoms with Crippen LogP contribution >= 0.6 is 0 Å². The number of ether oxygens (including phenoxy) is 3. The van der Waals surface area contributed by atoms with E-state index >= 15 is 0 Å². The van der Waals surface area contributed by atoms with Crippen molar-refractivity contribution < 1.29 is 19.0 Å². The van der Waals surface area contributed by atoms with Gasteiger partial charge in [0.25, 0.3) is 0 Å². The maximum absolute atomic E-state index is 12.7. The third-order valence-corrected chi connectivity index (χ3v) is 7.28. The van der Waals surface area contributed by atoms with Crippen LogP contribution in [0.4, 0.5) is 16.2 Å². The molecule has 0 aliphatic carbocycles. The van der Waals surface area contributed by atoms with Crippen LogP contribution in [0.3, 0.4) is 0 Å². The van der Waals surface area contributed by atoms with E-state index < -0.39 is 0 Å². The molecule has 1 saturated heterocycles. The fourth-order valence-corrected chi connectivity index (χ4v) is 5.46. The van der Waals surface area contributed by atoms with Crippen LogP contribution in [0, 0.1) is 6.92 Å². The minimum atomic E-state index is -0.376. The molecule has 0 unspecified atom stereocenters. The summed E-state index contributed by atoms with van der Waals surface area (Å²) >= 11 is 0. The monoisotopic (exact) mass is 527 g/mol. The third kappa shape index (κ3) is 5.73. The van der Waals surface area contributed by atoms with E-state index in [1.165, 1.54) is 22.3 Å². The molecule has 0 spiro atoms. The molecule has 3 aromatic carbocycles. The highest BCUT2D eigenvalue weighted by Crippen LogP contribution is 2.43. The molecular weight excluding hydrogens is 490 g/mol. The van der Waals surface area contributed by atoms with Crippen LogP contribution in [-0.2, 0) is 11.3 Å². The highest BCUT2D eigenvalue weighted by atomic mass is 16.6. The van der Waals surface area contributed by atoms with Crippen molar-refractivity contribution >= 4 is 23.0 Å². The summed E-state index contributed by atoms with van der Waals surface area (Å²) in [6.45, 7) is 11.4. The molecule has 204 valence electrons. The van der Waals surface area contributed by atoms with Crippen molar-refractivity contribution in [1.82, 2.24) is 4.90 Å². The van der Waals surface area contributed by atoms with Gasteiger partial charge in [-0.05, 0) is 74.2 Å². The molecule has 7 heteroatoms. The number of fused-ring (bicyclic) bond motifs is 1. The topological polar surface area (TPSA) is 72.1 Å². The third-order valence-electron chi connectivity index (χ3n) is 7.28. The number of para-hydroxylation sites is 1. The molecule has 0 aromatic heterocycles. The zero-order valence-corrected chi connectivity index (χ0v) is 23.4. The number of carbonyl (C=O) groups is 1. The van der Waals surface area contributed by atoms with Crippen LogP contribution in [-0.4, -0.2) is 49.9 Å². The van der Waals surface area contributed by atoms with Gasteiger partial charge in [0, 0.05) is 48.2 Å². The average Bonchev–Trinajstić information content (AvgIpc) is 2.92. The molecule has 1 fully saturated rings. The van der Waals surface area contributed by atoms with Crippen LogP contribution in [0.2, 0.25) is 0 Å². The maximum atomic E-state index is 12.7. The Labute approximate surface area is 230 Å². The number of nitrogens with zero attached hydrogens (tertiary/aromatic N) is 1. The van der Waals surface area contributed by atoms with E-state index in [9.17, 15) is 4.79 Å². The van der Waals surface area contributed by atoms with Crippen molar-refractivity contribution in [2.45, 2.75) is 39.8 Å². The molecule has 0 radical (unpaired) electrons. The van der Waals surface area contributed by atoms with E-state index in [0.717, 1.165) is 22.5 Å². The Hall–Kier alpha value is -3.97. The molecule has 2 aliphatic heterocycles. The number of hydrogen-bond acceptors (Lipinski definition) is 6.